The van der Waals surface area contributed by atoms with Crippen molar-refractivity contribution in [2.45, 2.75) is 30.2 Å². The van der Waals surface area contributed by atoms with Crippen LogP contribution in [0.1, 0.15) is 19.8 Å². The third kappa shape index (κ3) is 10.2. The van der Waals surface area contributed by atoms with Gasteiger partial charge in [-0.15, -0.1) is 0 Å². The van der Waals surface area contributed by atoms with Gasteiger partial charge in [0.05, 0.1) is 0 Å². The Balaban J connectivity index is 3.50. The molecular formula is C8H19Cl2NOSSn. The third-order valence-electron chi connectivity index (χ3n) is 1.73. The quantitative estimate of drug-likeness (QED) is 0.530. The fourth-order valence-corrected chi connectivity index (χ4v) is 7.79. The van der Waals surface area contributed by atoms with E-state index in [4.69, 9.17) is 26.7 Å². The summed E-state index contributed by atoms with van der Waals surface area (Å²) in [6, 6.07) is 0.233. The predicted molar refractivity (Wildman–Crippen MR) is 69.5 cm³/mol. The van der Waals surface area contributed by atoms with Crippen molar-refractivity contribution >= 4 is 46.1 Å². The molecule has 2 N–H and O–H groups in total. The Bertz CT molecular complexity index is 149. The van der Waals surface area contributed by atoms with Crippen LogP contribution in [0.3, 0.4) is 0 Å². The molecule has 0 aromatic rings. The SMILES string of the molecule is CSCC[O][Sn]([Cl])([Cl])[CH2]CCC(C)N. The van der Waals surface area contributed by atoms with Gasteiger partial charge >= 0.3 is 104 Å². The summed E-state index contributed by atoms with van der Waals surface area (Å²) in [6.45, 7) is 2.68. The van der Waals surface area contributed by atoms with E-state index in [1.165, 1.54) is 0 Å². The maximum atomic E-state index is 6.16. The maximum absolute atomic E-state index is 6.16. The fourth-order valence-electron chi connectivity index (χ4n) is 0.976. The zero-order chi connectivity index (χ0) is 11.0. The summed E-state index contributed by atoms with van der Waals surface area (Å²) in [7, 11) is 12.3. The normalized spacial score (nSPS) is 14.4. The van der Waals surface area contributed by atoms with Crippen LogP contribution in [0.15, 0.2) is 0 Å². The molecule has 0 aromatic heterocycles. The summed E-state index contributed by atoms with van der Waals surface area (Å²) < 4.78 is 6.37. The Morgan fingerprint density at radius 3 is 2.64 bits per heavy atom. The first-order valence-corrected chi connectivity index (χ1v) is 16.5. The third-order valence-corrected chi connectivity index (χ3v) is 10.8. The van der Waals surface area contributed by atoms with Crippen LogP contribution in [0.4, 0.5) is 0 Å². The van der Waals surface area contributed by atoms with Crippen LogP contribution in [0.25, 0.3) is 0 Å². The van der Waals surface area contributed by atoms with Gasteiger partial charge in [-0.2, -0.15) is 0 Å². The second kappa shape index (κ2) is 8.76. The molecule has 0 saturated heterocycles. The first-order valence-electron chi connectivity index (χ1n) is 4.74. The molecule has 2 nitrogen and oxygen atoms in total. The van der Waals surface area contributed by atoms with Gasteiger partial charge in [0.1, 0.15) is 0 Å². The van der Waals surface area contributed by atoms with Crippen LogP contribution in [0, 0.1) is 0 Å². The van der Waals surface area contributed by atoms with E-state index in [1.54, 1.807) is 11.8 Å². The van der Waals surface area contributed by atoms with Crippen LogP contribution in [-0.4, -0.2) is 41.2 Å². The molecule has 0 fully saturated rings. The Morgan fingerprint density at radius 2 is 2.14 bits per heavy atom. The molecule has 0 radical (unpaired) electrons. The van der Waals surface area contributed by atoms with Crippen LogP contribution < -0.4 is 5.73 Å². The molecule has 14 heavy (non-hydrogen) atoms. The van der Waals surface area contributed by atoms with E-state index >= 15 is 0 Å². The molecule has 0 heterocycles. The Hall–Kier alpha value is 1.65. The van der Waals surface area contributed by atoms with Crippen molar-refractivity contribution in [1.82, 2.24) is 0 Å². The summed E-state index contributed by atoms with van der Waals surface area (Å²) >= 11 is -1.40. The summed E-state index contributed by atoms with van der Waals surface area (Å²) in [5, 5.41) is 0. The van der Waals surface area contributed by atoms with Crippen molar-refractivity contribution in [3.8, 4) is 0 Å². The van der Waals surface area contributed by atoms with Crippen LogP contribution in [-0.2, 0) is 3.07 Å². The van der Waals surface area contributed by atoms with Gasteiger partial charge in [0.15, 0.2) is 0 Å². The summed E-state index contributed by atoms with van der Waals surface area (Å²) in [6.07, 6.45) is 4.00. The van der Waals surface area contributed by atoms with Crippen LogP contribution >= 0.6 is 29.6 Å². The van der Waals surface area contributed by atoms with Gasteiger partial charge in [-0.05, 0) is 0 Å². The van der Waals surface area contributed by atoms with E-state index in [0.29, 0.717) is 6.61 Å². The summed E-state index contributed by atoms with van der Waals surface area (Å²) in [5.74, 6) is 0.964. The Labute approximate surface area is 103 Å². The van der Waals surface area contributed by atoms with Crippen molar-refractivity contribution in [2.24, 2.45) is 5.73 Å². The molecule has 0 spiro atoms. The minimum atomic E-state index is -3.15. The summed E-state index contributed by atoms with van der Waals surface area (Å²) in [4.78, 5) is 0. The number of rotatable bonds is 8. The van der Waals surface area contributed by atoms with E-state index in [-0.39, 0.29) is 6.04 Å². The first kappa shape index (κ1) is 15.6. The van der Waals surface area contributed by atoms with E-state index in [2.05, 4.69) is 0 Å². The second-order valence-electron chi connectivity index (χ2n) is 3.35. The second-order valence-corrected chi connectivity index (χ2v) is 19.7. The van der Waals surface area contributed by atoms with E-state index in [1.807, 2.05) is 13.2 Å². The molecule has 0 aliphatic carbocycles. The molecule has 0 aliphatic rings. The molecule has 86 valence electrons. The monoisotopic (exact) mass is 367 g/mol. The van der Waals surface area contributed by atoms with Gasteiger partial charge in [0.2, 0.25) is 0 Å². The molecule has 0 aromatic carbocycles. The van der Waals surface area contributed by atoms with Gasteiger partial charge in [-0.25, -0.2) is 0 Å². The van der Waals surface area contributed by atoms with Gasteiger partial charge in [-0.3, -0.25) is 0 Å². The summed E-state index contributed by atoms with van der Waals surface area (Å²) in [5.41, 5.74) is 5.64. The molecule has 6 heteroatoms. The van der Waals surface area contributed by atoms with Crippen molar-refractivity contribution in [1.29, 1.82) is 0 Å². The Morgan fingerprint density at radius 1 is 1.50 bits per heavy atom. The van der Waals surface area contributed by atoms with Gasteiger partial charge < -0.3 is 0 Å². The van der Waals surface area contributed by atoms with E-state index < -0.39 is 16.5 Å². The zero-order valence-corrected chi connectivity index (χ0v) is 13.9. The molecular weight excluding hydrogens is 348 g/mol. The predicted octanol–water partition coefficient (Wildman–Crippen LogP) is 2.91. The first-order chi connectivity index (χ1) is 6.48. The molecule has 1 unspecified atom stereocenters. The van der Waals surface area contributed by atoms with E-state index in [9.17, 15) is 0 Å². The number of halogens is 2. The molecule has 1 atom stereocenters. The topological polar surface area (TPSA) is 35.2 Å². The molecule has 0 bridgehead atoms. The fraction of sp³-hybridized carbons (Fsp3) is 1.00. The Kier molecular flexibility index (Phi) is 9.79. The van der Waals surface area contributed by atoms with Crippen LogP contribution in [0.5, 0.6) is 0 Å². The average molecular weight is 367 g/mol. The van der Waals surface area contributed by atoms with Crippen molar-refractivity contribution in [2.75, 3.05) is 18.6 Å². The molecule has 0 amide bonds. The average Bonchev–Trinajstić information content (AvgIpc) is 2.03. The molecule has 0 saturated carbocycles. The number of thioether (sulfide) groups is 1. The number of hydrogen-bond acceptors (Lipinski definition) is 3. The van der Waals surface area contributed by atoms with Gasteiger partial charge in [0.25, 0.3) is 0 Å². The van der Waals surface area contributed by atoms with Crippen molar-refractivity contribution in [3.05, 3.63) is 0 Å². The minimum absolute atomic E-state index is 0.233. The molecule has 0 aliphatic heterocycles. The van der Waals surface area contributed by atoms with Gasteiger partial charge in [-0.1, -0.05) is 0 Å². The van der Waals surface area contributed by atoms with Crippen LogP contribution in [0.2, 0.25) is 4.44 Å². The number of hydrogen-bond donors (Lipinski definition) is 1. The number of nitrogens with two attached hydrogens (primary N) is 1. The van der Waals surface area contributed by atoms with Crippen molar-refractivity contribution < 1.29 is 3.07 Å². The molecule has 0 rings (SSSR count). The standard InChI is InChI=1S/C5H12N.C3H7OS.2ClH.Sn/c1-3-4-5(2)6;1-5-3-2-4;;;/h5H,1,3-4,6H2,2H3;2-3H2,1H3;2*1H;/q;-1;;;+3/p-2. The van der Waals surface area contributed by atoms with Crippen molar-refractivity contribution in [3.63, 3.8) is 0 Å². The zero-order valence-electron chi connectivity index (χ0n) is 8.76. The van der Waals surface area contributed by atoms with Gasteiger partial charge in [0, 0.05) is 0 Å². The van der Waals surface area contributed by atoms with E-state index in [0.717, 1.165) is 23.0 Å².